The Morgan fingerprint density at radius 3 is 1.89 bits per heavy atom. The number of ether oxygens (including phenoxy) is 1. The van der Waals surface area contributed by atoms with Gasteiger partial charge >= 0.3 is 0 Å². The molecule has 0 aromatic heterocycles. The highest BCUT2D eigenvalue weighted by Gasteiger charge is 2.21. The summed E-state index contributed by atoms with van der Waals surface area (Å²) in [7, 11) is -9.05. The fraction of sp³-hybridized carbons (Fsp3) is 0.571. The van der Waals surface area contributed by atoms with E-state index in [9.17, 15) is 25.9 Å². The van der Waals surface area contributed by atoms with E-state index in [0.29, 0.717) is 0 Å². The van der Waals surface area contributed by atoms with Gasteiger partial charge in [0.25, 0.3) is 20.2 Å². The maximum atomic E-state index is 12.2. The lowest BCUT2D eigenvalue weighted by Gasteiger charge is -2.19. The fourth-order valence-corrected chi connectivity index (χ4v) is 5.76. The minimum absolute atomic E-state index is 0.0169. The second-order valence-electron chi connectivity index (χ2n) is 9.69. The predicted molar refractivity (Wildman–Crippen MR) is 147 cm³/mol. The summed E-state index contributed by atoms with van der Waals surface area (Å²) in [5.74, 6) is 0.0626. The summed E-state index contributed by atoms with van der Waals surface area (Å²) < 4.78 is 72.0. The zero-order valence-electron chi connectivity index (χ0n) is 22.1. The van der Waals surface area contributed by atoms with Crippen LogP contribution >= 0.6 is 0 Å². The van der Waals surface area contributed by atoms with Crippen LogP contribution in [0.5, 0.6) is 11.5 Å². The number of benzene rings is 2. The monoisotopic (exact) mass is 554 g/mol. The SMILES string of the molecule is CCCCCCCCCCCCC(CCC)c1ccc(Oc2cccc(S(=O)(=O)O)c2)c(S(=O)(=O)O)c1. The van der Waals surface area contributed by atoms with Gasteiger partial charge < -0.3 is 4.74 Å². The molecule has 7 nitrogen and oxygen atoms in total. The molecule has 2 N–H and O–H groups in total. The van der Waals surface area contributed by atoms with Gasteiger partial charge in [0, 0.05) is 6.07 Å². The molecule has 2 aromatic rings. The molecule has 1 unspecified atom stereocenters. The molecule has 9 heteroatoms. The van der Waals surface area contributed by atoms with Gasteiger partial charge in [0.05, 0.1) is 4.90 Å². The van der Waals surface area contributed by atoms with Gasteiger partial charge in [0.2, 0.25) is 0 Å². The van der Waals surface area contributed by atoms with E-state index in [1.54, 1.807) is 6.07 Å². The van der Waals surface area contributed by atoms with E-state index in [-0.39, 0.29) is 27.2 Å². The van der Waals surface area contributed by atoms with Crippen LogP contribution in [0.4, 0.5) is 0 Å². The Balaban J connectivity index is 2.06. The Labute approximate surface area is 223 Å². The molecule has 0 heterocycles. The molecule has 0 aliphatic rings. The van der Waals surface area contributed by atoms with Crippen LogP contribution in [0.25, 0.3) is 0 Å². The van der Waals surface area contributed by atoms with Crippen molar-refractivity contribution >= 4 is 20.2 Å². The van der Waals surface area contributed by atoms with E-state index in [2.05, 4.69) is 13.8 Å². The van der Waals surface area contributed by atoms with Crippen molar-refractivity contribution in [3.8, 4) is 11.5 Å². The van der Waals surface area contributed by atoms with E-state index < -0.39 is 20.2 Å². The zero-order valence-corrected chi connectivity index (χ0v) is 23.7. The molecule has 0 aliphatic heterocycles. The first-order valence-electron chi connectivity index (χ1n) is 13.4. The molecule has 0 fully saturated rings. The Kier molecular flexibility index (Phi) is 13.1. The number of hydrogen-bond acceptors (Lipinski definition) is 5. The standard InChI is InChI=1S/C28H42O7S2/c1-3-5-6-7-8-9-10-11-12-13-16-23(15-4-2)24-19-20-27(28(21-24)37(32,33)34)35-25-17-14-18-26(22-25)36(29,30)31/h14,17-23H,3-13,15-16H2,1-2H3,(H,29,30,31)(H,32,33,34). The van der Waals surface area contributed by atoms with Crippen LogP contribution in [0.15, 0.2) is 52.3 Å². The molecule has 0 saturated carbocycles. The predicted octanol–water partition coefficient (Wildman–Crippen LogP) is 8.17. The van der Waals surface area contributed by atoms with Crippen molar-refractivity contribution in [1.82, 2.24) is 0 Å². The molecular weight excluding hydrogens is 512 g/mol. The normalized spacial score (nSPS) is 13.0. The third-order valence-corrected chi connectivity index (χ3v) is 8.32. The van der Waals surface area contributed by atoms with Gasteiger partial charge in [0.1, 0.15) is 16.4 Å². The first-order valence-corrected chi connectivity index (χ1v) is 16.3. The molecule has 1 atom stereocenters. The molecule has 2 rings (SSSR count). The zero-order chi connectivity index (χ0) is 27.3. The average molecular weight is 555 g/mol. The third kappa shape index (κ3) is 11.1. The van der Waals surface area contributed by atoms with Crippen LogP contribution in [-0.4, -0.2) is 25.9 Å². The number of unbranched alkanes of at least 4 members (excludes halogenated alkanes) is 9. The van der Waals surface area contributed by atoms with Crippen molar-refractivity contribution in [3.63, 3.8) is 0 Å². The van der Waals surface area contributed by atoms with Crippen molar-refractivity contribution in [1.29, 1.82) is 0 Å². The Bertz CT molecular complexity index is 1170. The highest BCUT2D eigenvalue weighted by molar-refractivity contribution is 7.86. The van der Waals surface area contributed by atoms with Crippen LogP contribution < -0.4 is 4.74 Å². The highest BCUT2D eigenvalue weighted by Crippen LogP contribution is 2.35. The quantitative estimate of drug-likeness (QED) is 0.141. The van der Waals surface area contributed by atoms with Crippen molar-refractivity contribution in [2.24, 2.45) is 0 Å². The van der Waals surface area contributed by atoms with E-state index in [1.165, 1.54) is 81.7 Å². The van der Waals surface area contributed by atoms with Gasteiger partial charge in [-0.05, 0) is 48.6 Å². The lowest BCUT2D eigenvalue weighted by Crippen LogP contribution is -2.06. The Morgan fingerprint density at radius 2 is 1.32 bits per heavy atom. The van der Waals surface area contributed by atoms with Gasteiger partial charge in [0.15, 0.2) is 0 Å². The lowest BCUT2D eigenvalue weighted by atomic mass is 9.89. The second kappa shape index (κ2) is 15.5. The first kappa shape index (κ1) is 31.3. The van der Waals surface area contributed by atoms with Gasteiger partial charge in [-0.2, -0.15) is 16.8 Å². The molecule has 2 aromatic carbocycles. The summed E-state index contributed by atoms with van der Waals surface area (Å²) in [6, 6.07) is 9.81. The summed E-state index contributed by atoms with van der Waals surface area (Å²) in [6.45, 7) is 4.32. The van der Waals surface area contributed by atoms with Gasteiger partial charge in [-0.15, -0.1) is 0 Å². The maximum Gasteiger partial charge on any atom is 0.298 e. The molecule has 0 radical (unpaired) electrons. The van der Waals surface area contributed by atoms with Gasteiger partial charge in [-0.3, -0.25) is 9.11 Å². The molecule has 0 saturated heterocycles. The van der Waals surface area contributed by atoms with E-state index >= 15 is 0 Å². The van der Waals surface area contributed by atoms with Crippen LogP contribution in [0.3, 0.4) is 0 Å². The minimum atomic E-state index is -4.60. The van der Waals surface area contributed by atoms with Crippen LogP contribution in [-0.2, 0) is 20.2 Å². The minimum Gasteiger partial charge on any atom is -0.456 e. The Hall–Kier alpha value is -1.94. The largest absolute Gasteiger partial charge is 0.456 e. The van der Waals surface area contributed by atoms with Crippen LogP contribution in [0.1, 0.15) is 109 Å². The molecule has 0 bridgehead atoms. The van der Waals surface area contributed by atoms with Crippen LogP contribution in [0.2, 0.25) is 0 Å². The first-order chi connectivity index (χ1) is 17.6. The molecule has 0 spiro atoms. The van der Waals surface area contributed by atoms with Crippen molar-refractivity contribution < 1.29 is 30.7 Å². The second-order valence-corrected chi connectivity index (χ2v) is 12.5. The van der Waals surface area contributed by atoms with Crippen LogP contribution in [0, 0.1) is 0 Å². The molecule has 208 valence electrons. The van der Waals surface area contributed by atoms with Crippen molar-refractivity contribution in [2.75, 3.05) is 0 Å². The summed E-state index contributed by atoms with van der Waals surface area (Å²) in [6.07, 6.45) is 15.3. The number of hydrogen-bond donors (Lipinski definition) is 2. The van der Waals surface area contributed by atoms with Crippen molar-refractivity contribution in [3.05, 3.63) is 48.0 Å². The third-order valence-electron chi connectivity index (χ3n) is 6.59. The summed E-state index contributed by atoms with van der Waals surface area (Å²) >= 11 is 0. The summed E-state index contributed by atoms with van der Waals surface area (Å²) in [5.41, 5.74) is 0.824. The van der Waals surface area contributed by atoms with E-state index in [4.69, 9.17) is 4.74 Å². The smallest absolute Gasteiger partial charge is 0.298 e. The molecular formula is C28H42O7S2. The van der Waals surface area contributed by atoms with Gasteiger partial charge in [-0.1, -0.05) is 96.6 Å². The highest BCUT2D eigenvalue weighted by atomic mass is 32.2. The lowest BCUT2D eigenvalue weighted by molar-refractivity contribution is 0.445. The fourth-order valence-electron chi connectivity index (χ4n) is 4.59. The maximum absolute atomic E-state index is 12.2. The van der Waals surface area contributed by atoms with E-state index in [1.807, 2.05) is 0 Å². The average Bonchev–Trinajstić information content (AvgIpc) is 2.84. The topological polar surface area (TPSA) is 118 Å². The molecule has 0 amide bonds. The van der Waals surface area contributed by atoms with Crippen molar-refractivity contribution in [2.45, 2.75) is 113 Å². The molecule has 37 heavy (non-hydrogen) atoms. The molecule has 0 aliphatic carbocycles. The van der Waals surface area contributed by atoms with E-state index in [0.717, 1.165) is 43.7 Å². The summed E-state index contributed by atoms with van der Waals surface area (Å²) in [5, 5.41) is 0. The summed E-state index contributed by atoms with van der Waals surface area (Å²) in [4.78, 5) is -0.749. The van der Waals surface area contributed by atoms with Gasteiger partial charge in [-0.25, -0.2) is 0 Å². The number of rotatable bonds is 18. The Morgan fingerprint density at radius 1 is 0.703 bits per heavy atom.